The molecule has 0 aromatic heterocycles. The Morgan fingerprint density at radius 3 is 2.80 bits per heavy atom. The van der Waals surface area contributed by atoms with Crippen molar-refractivity contribution in [1.82, 2.24) is 9.80 Å². The van der Waals surface area contributed by atoms with Crippen molar-refractivity contribution >= 4 is 0 Å². The quantitative estimate of drug-likeness (QED) is 0.825. The average Bonchev–Trinajstić information content (AvgIpc) is 2.47. The van der Waals surface area contributed by atoms with Gasteiger partial charge in [-0.05, 0) is 63.5 Å². The number of ether oxygens (including phenoxy) is 1. The number of piperidine rings is 2. The summed E-state index contributed by atoms with van der Waals surface area (Å²) in [6.07, 6.45) is 3.91. The molecule has 0 spiro atoms. The lowest BCUT2D eigenvalue weighted by atomic mass is 9.80. The van der Waals surface area contributed by atoms with Crippen LogP contribution >= 0.6 is 0 Å². The molecule has 2 aliphatic heterocycles. The summed E-state index contributed by atoms with van der Waals surface area (Å²) in [5.74, 6) is 1.82. The van der Waals surface area contributed by atoms with Gasteiger partial charge in [-0.25, -0.2) is 0 Å². The number of methoxy groups -OCH3 is 1. The van der Waals surface area contributed by atoms with E-state index in [0.717, 1.165) is 17.7 Å². The normalized spacial score (nSPS) is 31.9. The highest BCUT2D eigenvalue weighted by Crippen LogP contribution is 2.39. The second-order valence-electron chi connectivity index (χ2n) is 6.41. The molecule has 2 saturated heterocycles. The number of hydrogen-bond donors (Lipinski definition) is 0. The highest BCUT2D eigenvalue weighted by molar-refractivity contribution is 5.31. The van der Waals surface area contributed by atoms with Crippen LogP contribution in [0.15, 0.2) is 24.3 Å². The van der Waals surface area contributed by atoms with E-state index >= 15 is 0 Å². The van der Waals surface area contributed by atoms with E-state index in [2.05, 4.69) is 42.1 Å². The standard InChI is InChI=1S/C17H26N2O/c1-18-10-9-17-14(12-18)7-8-16(19(17)2)13-5-4-6-15(11-13)20-3/h4-6,11,14,16-17H,7-10,12H2,1-3H3/t14-,16-,17+/m1/s1. The fourth-order valence-electron chi connectivity index (χ4n) is 4.08. The van der Waals surface area contributed by atoms with Gasteiger partial charge < -0.3 is 9.64 Å². The van der Waals surface area contributed by atoms with Crippen molar-refractivity contribution < 1.29 is 4.74 Å². The van der Waals surface area contributed by atoms with Crippen molar-refractivity contribution in [3.63, 3.8) is 0 Å². The molecule has 20 heavy (non-hydrogen) atoms. The lowest BCUT2D eigenvalue weighted by Crippen LogP contribution is -2.52. The molecule has 3 rings (SSSR count). The predicted octanol–water partition coefficient (Wildman–Crippen LogP) is 2.78. The Bertz CT molecular complexity index is 462. The van der Waals surface area contributed by atoms with Crippen molar-refractivity contribution in [3.05, 3.63) is 29.8 Å². The molecule has 0 unspecified atom stereocenters. The summed E-state index contributed by atoms with van der Waals surface area (Å²) in [6.45, 7) is 2.50. The minimum Gasteiger partial charge on any atom is -0.497 e. The molecule has 3 atom stereocenters. The molecule has 0 saturated carbocycles. The SMILES string of the molecule is COc1cccc([C@H]2CC[C@@H]3CN(C)CC[C@@H]3N2C)c1. The fourth-order valence-corrected chi connectivity index (χ4v) is 4.08. The second kappa shape index (κ2) is 5.74. The Morgan fingerprint density at radius 2 is 2.00 bits per heavy atom. The Balaban J connectivity index is 1.78. The number of likely N-dealkylation sites (tertiary alicyclic amines) is 2. The molecule has 0 radical (unpaired) electrons. The van der Waals surface area contributed by atoms with Gasteiger partial charge in [0.1, 0.15) is 5.75 Å². The van der Waals surface area contributed by atoms with E-state index in [1.165, 1.54) is 37.9 Å². The maximum atomic E-state index is 5.38. The number of fused-ring (bicyclic) bond motifs is 1. The molecular weight excluding hydrogens is 248 g/mol. The third-order valence-electron chi connectivity index (χ3n) is 5.20. The molecule has 2 aliphatic rings. The molecule has 0 bridgehead atoms. The lowest BCUT2D eigenvalue weighted by molar-refractivity contribution is 0.0119. The minimum absolute atomic E-state index is 0.551. The van der Waals surface area contributed by atoms with Gasteiger partial charge in [-0.2, -0.15) is 0 Å². The summed E-state index contributed by atoms with van der Waals surface area (Å²) in [5, 5.41) is 0. The summed E-state index contributed by atoms with van der Waals surface area (Å²) >= 11 is 0. The molecule has 0 aliphatic carbocycles. The van der Waals surface area contributed by atoms with Gasteiger partial charge in [0, 0.05) is 18.6 Å². The Kier molecular flexibility index (Phi) is 3.99. The maximum Gasteiger partial charge on any atom is 0.119 e. The number of nitrogens with zero attached hydrogens (tertiary/aromatic N) is 2. The Labute approximate surface area is 122 Å². The van der Waals surface area contributed by atoms with Gasteiger partial charge in [0.2, 0.25) is 0 Å². The third kappa shape index (κ3) is 2.57. The summed E-state index contributed by atoms with van der Waals surface area (Å²) in [7, 11) is 6.31. The molecule has 3 nitrogen and oxygen atoms in total. The Hall–Kier alpha value is -1.06. The van der Waals surface area contributed by atoms with Crippen LogP contribution in [-0.2, 0) is 0 Å². The number of hydrogen-bond acceptors (Lipinski definition) is 3. The first kappa shape index (κ1) is 13.9. The zero-order valence-corrected chi connectivity index (χ0v) is 12.9. The first-order chi connectivity index (χ1) is 9.69. The molecule has 0 amide bonds. The maximum absolute atomic E-state index is 5.38. The zero-order chi connectivity index (χ0) is 14.1. The van der Waals surface area contributed by atoms with E-state index in [-0.39, 0.29) is 0 Å². The topological polar surface area (TPSA) is 15.7 Å². The monoisotopic (exact) mass is 274 g/mol. The summed E-state index contributed by atoms with van der Waals surface area (Å²) < 4.78 is 5.38. The van der Waals surface area contributed by atoms with Crippen LogP contribution in [0.2, 0.25) is 0 Å². The van der Waals surface area contributed by atoms with Crippen molar-refractivity contribution in [2.45, 2.75) is 31.3 Å². The molecule has 2 fully saturated rings. The van der Waals surface area contributed by atoms with E-state index in [4.69, 9.17) is 4.74 Å². The molecular formula is C17H26N2O. The first-order valence-electron chi connectivity index (χ1n) is 7.73. The second-order valence-corrected chi connectivity index (χ2v) is 6.41. The molecule has 3 heteroatoms. The average molecular weight is 274 g/mol. The van der Waals surface area contributed by atoms with E-state index in [9.17, 15) is 0 Å². The van der Waals surface area contributed by atoms with Gasteiger partial charge in [0.25, 0.3) is 0 Å². The number of benzene rings is 1. The zero-order valence-electron chi connectivity index (χ0n) is 12.9. The van der Waals surface area contributed by atoms with E-state index in [1.54, 1.807) is 7.11 Å². The predicted molar refractivity (Wildman–Crippen MR) is 82.1 cm³/mol. The smallest absolute Gasteiger partial charge is 0.119 e. The van der Waals surface area contributed by atoms with Gasteiger partial charge in [-0.15, -0.1) is 0 Å². The molecule has 0 N–H and O–H groups in total. The first-order valence-corrected chi connectivity index (χ1v) is 7.73. The van der Waals surface area contributed by atoms with Gasteiger partial charge in [-0.1, -0.05) is 12.1 Å². The molecule has 1 aromatic rings. The number of rotatable bonds is 2. The van der Waals surface area contributed by atoms with Crippen molar-refractivity contribution in [3.8, 4) is 5.75 Å². The fraction of sp³-hybridized carbons (Fsp3) is 0.647. The van der Waals surface area contributed by atoms with Gasteiger partial charge >= 0.3 is 0 Å². The van der Waals surface area contributed by atoms with Crippen LogP contribution in [0.3, 0.4) is 0 Å². The highest BCUT2D eigenvalue weighted by atomic mass is 16.5. The van der Waals surface area contributed by atoms with E-state index in [1.807, 2.05) is 6.07 Å². The van der Waals surface area contributed by atoms with Gasteiger partial charge in [0.15, 0.2) is 0 Å². The van der Waals surface area contributed by atoms with Crippen LogP contribution < -0.4 is 4.74 Å². The largest absolute Gasteiger partial charge is 0.497 e. The Morgan fingerprint density at radius 1 is 1.15 bits per heavy atom. The van der Waals surface area contributed by atoms with Gasteiger partial charge in [-0.3, -0.25) is 4.90 Å². The molecule has 1 aromatic carbocycles. The van der Waals surface area contributed by atoms with Crippen LogP contribution in [0.25, 0.3) is 0 Å². The van der Waals surface area contributed by atoms with Crippen molar-refractivity contribution in [2.75, 3.05) is 34.3 Å². The third-order valence-corrected chi connectivity index (χ3v) is 5.20. The van der Waals surface area contributed by atoms with Crippen LogP contribution in [-0.4, -0.2) is 50.1 Å². The summed E-state index contributed by atoms with van der Waals surface area (Å²) in [4.78, 5) is 5.11. The van der Waals surface area contributed by atoms with Crippen molar-refractivity contribution in [2.24, 2.45) is 5.92 Å². The lowest BCUT2D eigenvalue weighted by Gasteiger charge is -2.49. The van der Waals surface area contributed by atoms with E-state index < -0.39 is 0 Å². The van der Waals surface area contributed by atoms with Crippen LogP contribution in [0, 0.1) is 5.92 Å². The highest BCUT2D eigenvalue weighted by Gasteiger charge is 2.38. The minimum atomic E-state index is 0.551. The van der Waals surface area contributed by atoms with Crippen LogP contribution in [0.1, 0.15) is 30.9 Å². The summed E-state index contributed by atoms with van der Waals surface area (Å²) in [6, 6.07) is 9.90. The van der Waals surface area contributed by atoms with Crippen molar-refractivity contribution in [1.29, 1.82) is 0 Å². The molecule has 2 heterocycles. The van der Waals surface area contributed by atoms with Gasteiger partial charge in [0.05, 0.1) is 7.11 Å². The van der Waals surface area contributed by atoms with E-state index in [0.29, 0.717) is 6.04 Å². The summed E-state index contributed by atoms with van der Waals surface area (Å²) in [5.41, 5.74) is 1.41. The van der Waals surface area contributed by atoms with Crippen LogP contribution in [0.5, 0.6) is 5.75 Å². The molecule has 110 valence electrons. The van der Waals surface area contributed by atoms with Crippen LogP contribution in [0.4, 0.5) is 0 Å².